The predicted octanol–water partition coefficient (Wildman–Crippen LogP) is 4.19. The van der Waals surface area contributed by atoms with Gasteiger partial charge in [0.15, 0.2) is 0 Å². The Morgan fingerprint density at radius 1 is 1.20 bits per heavy atom. The average molecular weight is 295 g/mol. The van der Waals surface area contributed by atoms with Crippen molar-refractivity contribution in [3.8, 4) is 0 Å². The lowest BCUT2D eigenvalue weighted by Gasteiger charge is -2.35. The molecule has 1 unspecified atom stereocenters. The molecule has 0 aromatic heterocycles. The van der Waals surface area contributed by atoms with Crippen LogP contribution >= 0.6 is 11.6 Å². The summed E-state index contributed by atoms with van der Waals surface area (Å²) in [5, 5.41) is 0.744. The average Bonchev–Trinajstić information content (AvgIpc) is 2.40. The molecule has 20 heavy (non-hydrogen) atoms. The zero-order valence-electron chi connectivity index (χ0n) is 12.7. The zero-order valence-corrected chi connectivity index (χ0v) is 13.5. The van der Waals surface area contributed by atoms with Crippen molar-refractivity contribution in [3.63, 3.8) is 0 Å². The van der Waals surface area contributed by atoms with E-state index in [-0.39, 0.29) is 0 Å². The van der Waals surface area contributed by atoms with Gasteiger partial charge in [-0.15, -0.1) is 6.58 Å². The second kappa shape index (κ2) is 8.46. The van der Waals surface area contributed by atoms with Crippen molar-refractivity contribution in [2.45, 2.75) is 38.6 Å². The Morgan fingerprint density at radius 3 is 2.20 bits per heavy atom. The molecule has 1 rings (SSSR count). The lowest BCUT2D eigenvalue weighted by atomic mass is 9.87. The Labute approximate surface area is 128 Å². The Balaban J connectivity index is 2.94. The molecule has 0 radical (unpaired) electrons. The smallest absolute Gasteiger partial charge is 0.0573 e. The van der Waals surface area contributed by atoms with Crippen molar-refractivity contribution in [2.75, 3.05) is 19.6 Å². The van der Waals surface area contributed by atoms with Crippen LogP contribution in [0.15, 0.2) is 36.9 Å². The van der Waals surface area contributed by atoms with Gasteiger partial charge in [-0.25, -0.2) is 0 Å². The number of benzene rings is 1. The maximum absolute atomic E-state index is 6.69. The molecule has 1 aromatic carbocycles. The summed E-state index contributed by atoms with van der Waals surface area (Å²) in [6.45, 7) is 11.3. The molecule has 2 N–H and O–H groups in total. The minimum absolute atomic E-state index is 0.392. The van der Waals surface area contributed by atoms with Gasteiger partial charge in [-0.2, -0.15) is 0 Å². The van der Waals surface area contributed by atoms with Crippen LogP contribution in [0.2, 0.25) is 5.02 Å². The lowest BCUT2D eigenvalue weighted by molar-refractivity contribution is 0.208. The predicted molar refractivity (Wildman–Crippen MR) is 89.2 cm³/mol. The molecule has 0 aliphatic carbocycles. The molecule has 112 valence electrons. The van der Waals surface area contributed by atoms with E-state index in [1.807, 2.05) is 30.3 Å². The number of halogens is 1. The van der Waals surface area contributed by atoms with Gasteiger partial charge in [0.2, 0.25) is 0 Å². The van der Waals surface area contributed by atoms with Crippen LogP contribution in [-0.2, 0) is 5.54 Å². The van der Waals surface area contributed by atoms with E-state index in [1.165, 1.54) is 0 Å². The standard InChI is InChI=1S/C17H27ClN2/c1-4-11-17(19,14-20(12-5-2)13-6-3)15-7-9-16(18)10-8-15/h4,7-10H,1,5-6,11-14,19H2,2-3H3. The van der Waals surface area contributed by atoms with Crippen LogP contribution in [0.1, 0.15) is 38.7 Å². The number of nitrogens with zero attached hydrogens (tertiary/aromatic N) is 1. The summed E-state index contributed by atoms with van der Waals surface area (Å²) in [7, 11) is 0. The van der Waals surface area contributed by atoms with Gasteiger partial charge < -0.3 is 10.6 Å². The molecule has 0 heterocycles. The monoisotopic (exact) mass is 294 g/mol. The molecule has 0 bridgehead atoms. The third kappa shape index (κ3) is 4.93. The topological polar surface area (TPSA) is 29.3 Å². The molecular weight excluding hydrogens is 268 g/mol. The highest BCUT2D eigenvalue weighted by atomic mass is 35.5. The number of nitrogens with two attached hydrogens (primary N) is 1. The van der Waals surface area contributed by atoms with Crippen LogP contribution in [0.3, 0.4) is 0 Å². The summed E-state index contributed by atoms with van der Waals surface area (Å²) in [4.78, 5) is 2.44. The molecule has 0 spiro atoms. The summed E-state index contributed by atoms with van der Waals surface area (Å²) in [5.41, 5.74) is 7.42. The van der Waals surface area contributed by atoms with Gasteiger partial charge in [-0.3, -0.25) is 0 Å². The summed E-state index contributed by atoms with van der Waals surface area (Å²) < 4.78 is 0. The number of hydrogen-bond donors (Lipinski definition) is 1. The molecule has 0 aliphatic rings. The largest absolute Gasteiger partial charge is 0.320 e. The number of rotatable bonds is 9. The van der Waals surface area contributed by atoms with Gasteiger partial charge >= 0.3 is 0 Å². The summed E-state index contributed by atoms with van der Waals surface area (Å²) in [6.07, 6.45) is 4.96. The third-order valence-corrected chi connectivity index (χ3v) is 3.77. The van der Waals surface area contributed by atoms with E-state index in [0.29, 0.717) is 0 Å². The molecule has 0 saturated carbocycles. The third-order valence-electron chi connectivity index (χ3n) is 3.51. The number of hydrogen-bond acceptors (Lipinski definition) is 2. The fraction of sp³-hybridized carbons (Fsp3) is 0.529. The minimum Gasteiger partial charge on any atom is -0.320 e. The fourth-order valence-corrected chi connectivity index (χ4v) is 2.74. The fourth-order valence-electron chi connectivity index (χ4n) is 2.61. The van der Waals surface area contributed by atoms with E-state index in [0.717, 1.165) is 49.5 Å². The second-order valence-electron chi connectivity index (χ2n) is 5.43. The van der Waals surface area contributed by atoms with Gasteiger partial charge in [0.05, 0.1) is 5.54 Å². The van der Waals surface area contributed by atoms with E-state index in [9.17, 15) is 0 Å². The quantitative estimate of drug-likeness (QED) is 0.692. The molecule has 0 fully saturated rings. The van der Waals surface area contributed by atoms with Crippen LogP contribution in [-0.4, -0.2) is 24.5 Å². The first-order valence-corrected chi connectivity index (χ1v) is 7.81. The van der Waals surface area contributed by atoms with Gasteiger partial charge in [0.25, 0.3) is 0 Å². The summed E-state index contributed by atoms with van der Waals surface area (Å²) in [6, 6.07) is 7.88. The molecular formula is C17H27ClN2. The first-order valence-electron chi connectivity index (χ1n) is 7.44. The molecule has 1 atom stereocenters. The first kappa shape index (κ1) is 17.2. The molecule has 3 heteroatoms. The van der Waals surface area contributed by atoms with Gasteiger partial charge in [0.1, 0.15) is 0 Å². The summed E-state index contributed by atoms with van der Waals surface area (Å²) >= 11 is 5.97. The maximum Gasteiger partial charge on any atom is 0.0573 e. The van der Waals surface area contributed by atoms with Crippen molar-refractivity contribution >= 4 is 11.6 Å². The van der Waals surface area contributed by atoms with E-state index < -0.39 is 5.54 Å². The normalized spacial score (nSPS) is 14.2. The first-order chi connectivity index (χ1) is 9.55. The molecule has 0 aliphatic heterocycles. The van der Waals surface area contributed by atoms with E-state index in [4.69, 9.17) is 17.3 Å². The Bertz CT molecular complexity index is 396. The van der Waals surface area contributed by atoms with Gasteiger partial charge in [-0.1, -0.05) is 43.7 Å². The Hall–Kier alpha value is -0.830. The molecule has 0 saturated heterocycles. The second-order valence-corrected chi connectivity index (χ2v) is 5.87. The van der Waals surface area contributed by atoms with Crippen molar-refractivity contribution in [3.05, 3.63) is 47.5 Å². The van der Waals surface area contributed by atoms with Crippen molar-refractivity contribution in [1.82, 2.24) is 4.90 Å². The highest BCUT2D eigenvalue weighted by Gasteiger charge is 2.28. The lowest BCUT2D eigenvalue weighted by Crippen LogP contribution is -2.48. The molecule has 2 nitrogen and oxygen atoms in total. The van der Waals surface area contributed by atoms with Gasteiger partial charge in [-0.05, 0) is 50.0 Å². The Kier molecular flexibility index (Phi) is 7.28. The minimum atomic E-state index is -0.392. The van der Waals surface area contributed by atoms with Crippen molar-refractivity contribution in [1.29, 1.82) is 0 Å². The van der Waals surface area contributed by atoms with E-state index >= 15 is 0 Å². The highest BCUT2D eigenvalue weighted by molar-refractivity contribution is 6.30. The summed E-state index contributed by atoms with van der Waals surface area (Å²) in [5.74, 6) is 0. The van der Waals surface area contributed by atoms with E-state index in [2.05, 4.69) is 25.3 Å². The van der Waals surface area contributed by atoms with Crippen LogP contribution in [0.25, 0.3) is 0 Å². The maximum atomic E-state index is 6.69. The van der Waals surface area contributed by atoms with Crippen LogP contribution in [0, 0.1) is 0 Å². The molecule has 0 amide bonds. The van der Waals surface area contributed by atoms with Crippen LogP contribution in [0.5, 0.6) is 0 Å². The Morgan fingerprint density at radius 2 is 1.75 bits per heavy atom. The van der Waals surface area contributed by atoms with Crippen LogP contribution in [0.4, 0.5) is 0 Å². The van der Waals surface area contributed by atoms with E-state index in [1.54, 1.807) is 0 Å². The zero-order chi connectivity index (χ0) is 15.0. The van der Waals surface area contributed by atoms with Crippen LogP contribution < -0.4 is 5.73 Å². The van der Waals surface area contributed by atoms with Crippen molar-refractivity contribution < 1.29 is 0 Å². The molecule has 1 aromatic rings. The highest BCUT2D eigenvalue weighted by Crippen LogP contribution is 2.25. The van der Waals surface area contributed by atoms with Gasteiger partial charge in [0, 0.05) is 11.6 Å². The van der Waals surface area contributed by atoms with Crippen molar-refractivity contribution in [2.24, 2.45) is 5.73 Å². The SMILES string of the molecule is C=CCC(N)(CN(CCC)CCC)c1ccc(Cl)cc1.